The third-order valence-corrected chi connectivity index (χ3v) is 15.7. The van der Waals surface area contributed by atoms with Crippen LogP contribution >= 0.6 is 0 Å². The molecule has 0 unspecified atom stereocenters. The molecule has 15 rings (SSSR count). The Hall–Kier alpha value is -9.05. The van der Waals surface area contributed by atoms with Crippen molar-refractivity contribution >= 4 is 43.6 Å². The van der Waals surface area contributed by atoms with Gasteiger partial charge in [0.1, 0.15) is 11.6 Å². The molecule has 10 aromatic carbocycles. The Bertz CT molecular complexity index is 3870. The summed E-state index contributed by atoms with van der Waals surface area (Å²) in [5, 5.41) is 4.82. The van der Waals surface area contributed by atoms with Crippen LogP contribution in [0.2, 0.25) is 0 Å². The van der Waals surface area contributed by atoms with Crippen LogP contribution in [0.1, 0.15) is 44.5 Å². The highest BCUT2D eigenvalue weighted by Gasteiger charge is 2.48. The standard InChI is InChI=1S/C67H43N3/c1-5-22-44(23-6-1)66(45-24-7-2-8-25-45)56-34-17-13-30-48(56)52-40-54-50-32-15-19-36-60(50)69(62(54)42-58(52)66)64-38-21-39-65(68-64)70-61-37-20-16-33-51(61)55-41-53-49-31-14-18-35-57(49)67(59(53)43-63(55)70,46-26-9-3-10-27-46)47-28-11-4-12-29-47/h1-43H. The highest BCUT2D eigenvalue weighted by atomic mass is 15.1. The topological polar surface area (TPSA) is 22.8 Å². The number of fused-ring (bicyclic) bond motifs is 12. The van der Waals surface area contributed by atoms with Crippen molar-refractivity contribution in [2.24, 2.45) is 0 Å². The molecule has 0 spiro atoms. The Kier molecular flexibility index (Phi) is 8.20. The van der Waals surface area contributed by atoms with Gasteiger partial charge in [-0.05, 0) is 115 Å². The molecule has 0 aliphatic heterocycles. The molecule has 0 fully saturated rings. The zero-order valence-corrected chi connectivity index (χ0v) is 38.2. The van der Waals surface area contributed by atoms with Crippen LogP contribution < -0.4 is 0 Å². The average molecular weight is 890 g/mol. The van der Waals surface area contributed by atoms with Crippen molar-refractivity contribution in [3.05, 3.63) is 305 Å². The number of pyridine rings is 1. The molecular formula is C67H43N3. The lowest BCUT2D eigenvalue weighted by atomic mass is 9.67. The maximum absolute atomic E-state index is 5.76. The molecule has 2 aliphatic rings. The maximum Gasteiger partial charge on any atom is 0.140 e. The number of aromatic nitrogens is 3. The van der Waals surface area contributed by atoms with E-state index in [1.807, 2.05) is 0 Å². The highest BCUT2D eigenvalue weighted by molar-refractivity contribution is 6.13. The van der Waals surface area contributed by atoms with E-state index >= 15 is 0 Å². The van der Waals surface area contributed by atoms with Crippen LogP contribution in [-0.4, -0.2) is 14.1 Å². The average Bonchev–Trinajstić information content (AvgIpc) is 4.13. The van der Waals surface area contributed by atoms with E-state index in [1.165, 1.54) is 88.3 Å². The summed E-state index contributed by atoms with van der Waals surface area (Å²) in [5.41, 5.74) is 18.7. The van der Waals surface area contributed by atoms with Gasteiger partial charge in [0.15, 0.2) is 0 Å². The van der Waals surface area contributed by atoms with Gasteiger partial charge in [-0.2, -0.15) is 0 Å². The van der Waals surface area contributed by atoms with Crippen LogP contribution in [0.25, 0.3) is 77.5 Å². The quantitative estimate of drug-likeness (QED) is 0.163. The van der Waals surface area contributed by atoms with Gasteiger partial charge in [-0.3, -0.25) is 9.13 Å². The monoisotopic (exact) mass is 889 g/mol. The lowest BCUT2D eigenvalue weighted by Crippen LogP contribution is -2.28. The van der Waals surface area contributed by atoms with Crippen molar-refractivity contribution in [2.75, 3.05) is 0 Å². The van der Waals surface area contributed by atoms with Gasteiger partial charge in [0.2, 0.25) is 0 Å². The summed E-state index contributed by atoms with van der Waals surface area (Å²) in [6.45, 7) is 0. The number of hydrogen-bond acceptors (Lipinski definition) is 1. The largest absolute Gasteiger partial charge is 0.294 e. The van der Waals surface area contributed by atoms with E-state index in [1.54, 1.807) is 0 Å². The molecule has 13 aromatic rings. The van der Waals surface area contributed by atoms with E-state index in [4.69, 9.17) is 4.98 Å². The van der Waals surface area contributed by atoms with Crippen LogP contribution in [0.3, 0.4) is 0 Å². The van der Waals surface area contributed by atoms with Crippen molar-refractivity contribution in [3.8, 4) is 33.9 Å². The van der Waals surface area contributed by atoms with Gasteiger partial charge in [-0.15, -0.1) is 0 Å². The molecule has 3 aromatic heterocycles. The lowest BCUT2D eigenvalue weighted by Gasteiger charge is -2.34. The van der Waals surface area contributed by atoms with Gasteiger partial charge in [0.05, 0.1) is 32.9 Å². The summed E-state index contributed by atoms with van der Waals surface area (Å²) in [6.07, 6.45) is 0. The summed E-state index contributed by atoms with van der Waals surface area (Å²) >= 11 is 0. The minimum absolute atomic E-state index is 0.531. The molecule has 0 bridgehead atoms. The first-order valence-corrected chi connectivity index (χ1v) is 24.3. The Balaban J connectivity index is 1.00. The summed E-state index contributed by atoms with van der Waals surface area (Å²) in [4.78, 5) is 5.76. The second-order valence-electron chi connectivity index (χ2n) is 18.9. The Morgan fingerprint density at radius 3 is 0.986 bits per heavy atom. The van der Waals surface area contributed by atoms with E-state index in [0.29, 0.717) is 0 Å². The summed E-state index contributed by atoms with van der Waals surface area (Å²) in [5.74, 6) is 1.73. The van der Waals surface area contributed by atoms with Crippen LogP contribution in [0.15, 0.2) is 261 Å². The fourth-order valence-corrected chi connectivity index (χ4v) is 13.0. The molecule has 3 nitrogen and oxygen atoms in total. The first kappa shape index (κ1) is 39.0. The number of para-hydroxylation sites is 2. The van der Waals surface area contributed by atoms with Crippen molar-refractivity contribution in [3.63, 3.8) is 0 Å². The van der Waals surface area contributed by atoms with E-state index in [-0.39, 0.29) is 0 Å². The van der Waals surface area contributed by atoms with Crippen LogP contribution in [0.5, 0.6) is 0 Å². The van der Waals surface area contributed by atoms with Gasteiger partial charge < -0.3 is 0 Å². The minimum Gasteiger partial charge on any atom is -0.294 e. The summed E-state index contributed by atoms with van der Waals surface area (Å²) in [6, 6.07) is 96.4. The lowest BCUT2D eigenvalue weighted by molar-refractivity contribution is 0.769. The zero-order chi connectivity index (χ0) is 46.0. The van der Waals surface area contributed by atoms with Crippen molar-refractivity contribution in [2.45, 2.75) is 10.8 Å². The van der Waals surface area contributed by atoms with Crippen molar-refractivity contribution < 1.29 is 0 Å². The predicted octanol–water partition coefficient (Wildman–Crippen LogP) is 16.0. The normalized spacial score (nSPS) is 13.9. The van der Waals surface area contributed by atoms with Crippen LogP contribution in [0.4, 0.5) is 0 Å². The third kappa shape index (κ3) is 5.10. The summed E-state index contributed by atoms with van der Waals surface area (Å²) < 4.78 is 4.80. The molecule has 70 heavy (non-hydrogen) atoms. The molecule has 326 valence electrons. The van der Waals surface area contributed by atoms with Crippen LogP contribution in [-0.2, 0) is 10.8 Å². The molecule has 0 radical (unpaired) electrons. The summed E-state index contributed by atoms with van der Waals surface area (Å²) in [7, 11) is 0. The predicted molar refractivity (Wildman–Crippen MR) is 288 cm³/mol. The van der Waals surface area contributed by atoms with Crippen LogP contribution in [0, 0.1) is 0 Å². The fourth-order valence-electron chi connectivity index (χ4n) is 13.0. The van der Waals surface area contributed by atoms with Crippen molar-refractivity contribution in [1.82, 2.24) is 14.1 Å². The molecule has 3 heterocycles. The van der Waals surface area contributed by atoms with Crippen molar-refractivity contribution in [1.29, 1.82) is 0 Å². The Morgan fingerprint density at radius 1 is 0.243 bits per heavy atom. The first-order chi connectivity index (χ1) is 34.7. The second kappa shape index (κ2) is 14.7. The van der Waals surface area contributed by atoms with Gasteiger partial charge in [-0.1, -0.05) is 212 Å². The van der Waals surface area contributed by atoms with Gasteiger partial charge in [0.25, 0.3) is 0 Å². The smallest absolute Gasteiger partial charge is 0.140 e. The van der Waals surface area contributed by atoms with E-state index in [0.717, 1.165) is 33.7 Å². The molecule has 0 saturated heterocycles. The molecule has 0 atom stereocenters. The number of nitrogens with zero attached hydrogens (tertiary/aromatic N) is 3. The SMILES string of the molecule is c1ccc(C2(c3ccccc3)c3ccccc3-c3cc4c5ccccc5n(-c5cccc(-n6c7ccccc7c7cc8c(cc76)C(c6ccccc6)(c6ccccc6)c6ccccc6-8)n5)c4cc32)cc1. The Morgan fingerprint density at radius 2 is 0.586 bits per heavy atom. The van der Waals surface area contributed by atoms with Gasteiger partial charge in [-0.25, -0.2) is 4.98 Å². The van der Waals surface area contributed by atoms with Gasteiger partial charge >= 0.3 is 0 Å². The zero-order valence-electron chi connectivity index (χ0n) is 38.2. The minimum atomic E-state index is -0.531. The highest BCUT2D eigenvalue weighted by Crippen LogP contribution is 2.59. The molecule has 0 N–H and O–H groups in total. The molecule has 0 saturated carbocycles. The Labute approximate surface area is 405 Å². The molecule has 3 heteroatoms. The van der Waals surface area contributed by atoms with E-state index < -0.39 is 10.8 Å². The fraction of sp³-hybridized carbons (Fsp3) is 0.0299. The number of hydrogen-bond donors (Lipinski definition) is 0. The molecular weight excluding hydrogens is 847 g/mol. The number of rotatable bonds is 6. The second-order valence-corrected chi connectivity index (χ2v) is 18.9. The number of benzene rings is 10. The first-order valence-electron chi connectivity index (χ1n) is 24.3. The van der Waals surface area contributed by atoms with Gasteiger partial charge in [0, 0.05) is 21.5 Å². The third-order valence-electron chi connectivity index (χ3n) is 15.7. The van der Waals surface area contributed by atoms with E-state index in [9.17, 15) is 0 Å². The molecule has 0 amide bonds. The molecule has 2 aliphatic carbocycles. The maximum atomic E-state index is 5.76. The van der Waals surface area contributed by atoms with E-state index in [2.05, 4.69) is 270 Å².